The molecular formula is C12H24N2O2. The lowest BCUT2D eigenvalue weighted by atomic mass is 9.87. The Hall–Kier alpha value is -0.610. The molecule has 0 spiro atoms. The van der Waals surface area contributed by atoms with E-state index in [1.54, 1.807) is 4.90 Å². The molecule has 0 bridgehead atoms. The molecule has 1 fully saturated rings. The second-order valence-corrected chi connectivity index (χ2v) is 5.55. The molecule has 0 radical (unpaired) electrons. The number of amides is 1. The summed E-state index contributed by atoms with van der Waals surface area (Å²) in [5.41, 5.74) is 0.0898. The molecule has 94 valence electrons. The van der Waals surface area contributed by atoms with Crippen LogP contribution < -0.4 is 5.32 Å². The smallest absolute Gasteiger partial charge is 0.253 e. The molecule has 1 saturated heterocycles. The van der Waals surface area contributed by atoms with Crippen LogP contribution in [0.15, 0.2) is 0 Å². The van der Waals surface area contributed by atoms with Gasteiger partial charge >= 0.3 is 0 Å². The molecular weight excluding hydrogens is 204 g/mol. The number of morpholine rings is 1. The van der Waals surface area contributed by atoms with Gasteiger partial charge in [0.2, 0.25) is 0 Å². The maximum Gasteiger partial charge on any atom is 0.253 e. The van der Waals surface area contributed by atoms with E-state index < -0.39 is 0 Å². The predicted molar refractivity (Wildman–Crippen MR) is 64.3 cm³/mol. The fourth-order valence-electron chi connectivity index (χ4n) is 1.72. The van der Waals surface area contributed by atoms with E-state index in [4.69, 9.17) is 4.74 Å². The minimum atomic E-state index is -0.316. The second-order valence-electron chi connectivity index (χ2n) is 5.55. The van der Waals surface area contributed by atoms with Gasteiger partial charge in [-0.05, 0) is 12.3 Å². The molecule has 4 heteroatoms. The van der Waals surface area contributed by atoms with E-state index in [1.807, 2.05) is 7.05 Å². The molecule has 1 aliphatic heterocycles. The summed E-state index contributed by atoms with van der Waals surface area (Å²) < 4.78 is 5.47. The average Bonchev–Trinajstić information content (AvgIpc) is 2.26. The van der Waals surface area contributed by atoms with Crippen molar-refractivity contribution in [3.8, 4) is 0 Å². The zero-order valence-electron chi connectivity index (χ0n) is 11.0. The number of likely N-dealkylation sites (N-methyl/N-ethyl adjacent to an activating group) is 1. The van der Waals surface area contributed by atoms with Crippen molar-refractivity contribution >= 4 is 5.91 Å². The summed E-state index contributed by atoms with van der Waals surface area (Å²) in [7, 11) is 1.86. The van der Waals surface area contributed by atoms with E-state index in [0.29, 0.717) is 13.2 Å². The number of nitrogens with one attached hydrogen (secondary N) is 1. The van der Waals surface area contributed by atoms with E-state index in [1.165, 1.54) is 0 Å². The van der Waals surface area contributed by atoms with Gasteiger partial charge in [0.15, 0.2) is 0 Å². The van der Waals surface area contributed by atoms with Crippen LogP contribution in [0.3, 0.4) is 0 Å². The zero-order chi connectivity index (χ0) is 12.3. The van der Waals surface area contributed by atoms with Crippen LogP contribution in [0, 0.1) is 5.41 Å². The highest BCUT2D eigenvalue weighted by molar-refractivity contribution is 5.81. The number of nitrogens with zero attached hydrogens (tertiary/aromatic N) is 1. The van der Waals surface area contributed by atoms with Crippen molar-refractivity contribution in [1.82, 2.24) is 10.2 Å². The summed E-state index contributed by atoms with van der Waals surface area (Å²) in [6.07, 6.45) is -0.316. The third-order valence-electron chi connectivity index (χ3n) is 3.38. The number of hydrogen-bond donors (Lipinski definition) is 1. The van der Waals surface area contributed by atoms with Gasteiger partial charge in [-0.3, -0.25) is 4.79 Å². The molecule has 2 atom stereocenters. The Morgan fingerprint density at radius 1 is 1.50 bits per heavy atom. The first-order valence-electron chi connectivity index (χ1n) is 5.93. The van der Waals surface area contributed by atoms with Crippen LogP contribution in [0.5, 0.6) is 0 Å². The highest BCUT2D eigenvalue weighted by Gasteiger charge is 2.32. The minimum Gasteiger partial charge on any atom is -0.366 e. The van der Waals surface area contributed by atoms with Crippen molar-refractivity contribution in [3.63, 3.8) is 0 Å². The van der Waals surface area contributed by atoms with Crippen LogP contribution in [0.1, 0.15) is 27.7 Å². The summed E-state index contributed by atoms with van der Waals surface area (Å²) >= 11 is 0. The highest BCUT2D eigenvalue weighted by Crippen LogP contribution is 2.23. The first kappa shape index (κ1) is 13.5. The van der Waals surface area contributed by atoms with Crippen LogP contribution in [0.25, 0.3) is 0 Å². The lowest BCUT2D eigenvalue weighted by molar-refractivity contribution is -0.147. The predicted octanol–water partition coefficient (Wildman–Crippen LogP) is 0.868. The number of carbonyl (C=O) groups excluding carboxylic acids is 1. The van der Waals surface area contributed by atoms with Gasteiger partial charge in [0.1, 0.15) is 6.10 Å². The van der Waals surface area contributed by atoms with E-state index in [0.717, 1.165) is 6.54 Å². The number of carbonyl (C=O) groups is 1. The fraction of sp³-hybridized carbons (Fsp3) is 0.917. The Kier molecular flexibility index (Phi) is 4.33. The normalized spacial score (nSPS) is 23.9. The monoisotopic (exact) mass is 228 g/mol. The minimum absolute atomic E-state index is 0.0784. The van der Waals surface area contributed by atoms with Gasteiger partial charge in [-0.1, -0.05) is 20.8 Å². The molecule has 2 unspecified atom stereocenters. The van der Waals surface area contributed by atoms with Crippen LogP contribution >= 0.6 is 0 Å². The van der Waals surface area contributed by atoms with Crippen molar-refractivity contribution in [3.05, 3.63) is 0 Å². The highest BCUT2D eigenvalue weighted by atomic mass is 16.5. The third kappa shape index (κ3) is 3.19. The quantitative estimate of drug-likeness (QED) is 0.762. The standard InChI is InChI=1S/C12H24N2O2/c1-9(12(2,3)4)14(5)11(15)10-8-13-6-7-16-10/h9-10,13H,6-8H2,1-5H3. The molecule has 1 N–H and O–H groups in total. The summed E-state index contributed by atoms with van der Waals surface area (Å²) in [5, 5.41) is 3.18. The first-order chi connectivity index (χ1) is 7.34. The number of ether oxygens (including phenoxy) is 1. The fourth-order valence-corrected chi connectivity index (χ4v) is 1.72. The molecule has 16 heavy (non-hydrogen) atoms. The molecule has 1 heterocycles. The van der Waals surface area contributed by atoms with Gasteiger partial charge in [-0.2, -0.15) is 0 Å². The lowest BCUT2D eigenvalue weighted by Gasteiger charge is -2.37. The van der Waals surface area contributed by atoms with E-state index in [2.05, 4.69) is 33.0 Å². The van der Waals surface area contributed by atoms with Gasteiger partial charge in [0.05, 0.1) is 6.61 Å². The zero-order valence-corrected chi connectivity index (χ0v) is 11.0. The number of rotatable bonds is 2. The van der Waals surface area contributed by atoms with Crippen molar-refractivity contribution < 1.29 is 9.53 Å². The first-order valence-corrected chi connectivity index (χ1v) is 5.93. The van der Waals surface area contributed by atoms with Gasteiger partial charge < -0.3 is 15.0 Å². The molecule has 0 aromatic carbocycles. The molecule has 4 nitrogen and oxygen atoms in total. The maximum absolute atomic E-state index is 12.1. The SMILES string of the molecule is CC(N(C)C(=O)C1CNCCO1)C(C)(C)C. The molecule has 1 amide bonds. The van der Waals surface area contributed by atoms with E-state index >= 15 is 0 Å². The number of hydrogen-bond acceptors (Lipinski definition) is 3. The third-order valence-corrected chi connectivity index (χ3v) is 3.38. The van der Waals surface area contributed by atoms with E-state index in [9.17, 15) is 4.79 Å². The Morgan fingerprint density at radius 2 is 2.12 bits per heavy atom. The second kappa shape index (κ2) is 5.15. The van der Waals surface area contributed by atoms with Gasteiger partial charge in [0.25, 0.3) is 5.91 Å². The topological polar surface area (TPSA) is 41.6 Å². The Morgan fingerprint density at radius 3 is 2.56 bits per heavy atom. The van der Waals surface area contributed by atoms with Crippen LogP contribution in [0.4, 0.5) is 0 Å². The summed E-state index contributed by atoms with van der Waals surface area (Å²) in [5.74, 6) is 0.0784. The van der Waals surface area contributed by atoms with Crippen molar-refractivity contribution in [2.24, 2.45) is 5.41 Å². The lowest BCUT2D eigenvalue weighted by Crippen LogP contribution is -2.52. The van der Waals surface area contributed by atoms with Crippen LogP contribution in [-0.2, 0) is 9.53 Å². The van der Waals surface area contributed by atoms with Gasteiger partial charge in [0, 0.05) is 26.2 Å². The van der Waals surface area contributed by atoms with E-state index in [-0.39, 0.29) is 23.5 Å². The van der Waals surface area contributed by atoms with Crippen molar-refractivity contribution in [2.75, 3.05) is 26.7 Å². The summed E-state index contributed by atoms with van der Waals surface area (Å²) in [4.78, 5) is 14.0. The van der Waals surface area contributed by atoms with Gasteiger partial charge in [-0.15, -0.1) is 0 Å². The van der Waals surface area contributed by atoms with Crippen LogP contribution in [0.2, 0.25) is 0 Å². The Labute approximate surface area is 98.3 Å². The summed E-state index contributed by atoms with van der Waals surface area (Å²) in [6.45, 7) is 10.6. The van der Waals surface area contributed by atoms with Gasteiger partial charge in [-0.25, -0.2) is 0 Å². The molecule has 1 aliphatic rings. The Balaban J connectivity index is 2.58. The molecule has 0 aliphatic carbocycles. The summed E-state index contributed by atoms with van der Waals surface area (Å²) in [6, 6.07) is 0.200. The molecule has 0 saturated carbocycles. The average molecular weight is 228 g/mol. The maximum atomic E-state index is 12.1. The van der Waals surface area contributed by atoms with Crippen molar-refractivity contribution in [1.29, 1.82) is 0 Å². The molecule has 1 rings (SSSR count). The Bertz CT molecular complexity index is 242. The largest absolute Gasteiger partial charge is 0.366 e. The van der Waals surface area contributed by atoms with Crippen molar-refractivity contribution in [2.45, 2.75) is 39.8 Å². The molecule has 0 aromatic heterocycles. The molecule has 0 aromatic rings. The van der Waals surface area contributed by atoms with Crippen LogP contribution in [-0.4, -0.2) is 49.7 Å².